The smallest absolute Gasteiger partial charge is 0.335 e. The number of nitrogens with zero attached hydrogens (tertiary/aromatic N) is 1. The number of rotatable bonds is 4. The van der Waals surface area contributed by atoms with Gasteiger partial charge in [-0.15, -0.1) is 0 Å². The Morgan fingerprint density at radius 1 is 1.20 bits per heavy atom. The maximum absolute atomic E-state index is 12.4. The number of ether oxygens (including phenoxy) is 1. The Labute approximate surface area is 143 Å². The monoisotopic (exact) mass is 340 g/mol. The minimum Gasteiger partial charge on any atom is -0.479 e. The summed E-state index contributed by atoms with van der Waals surface area (Å²) in [4.78, 5) is 37.2. The van der Waals surface area contributed by atoms with Gasteiger partial charge in [-0.1, -0.05) is 18.2 Å². The van der Waals surface area contributed by atoms with Gasteiger partial charge in [0.1, 0.15) is 12.3 Å². The van der Waals surface area contributed by atoms with Crippen molar-refractivity contribution in [3.63, 3.8) is 0 Å². The van der Waals surface area contributed by atoms with E-state index in [9.17, 15) is 14.4 Å². The van der Waals surface area contributed by atoms with E-state index in [1.54, 1.807) is 31.2 Å². The molecule has 0 saturated heterocycles. The van der Waals surface area contributed by atoms with Gasteiger partial charge in [0.15, 0.2) is 6.10 Å². The molecule has 25 heavy (non-hydrogen) atoms. The lowest BCUT2D eigenvalue weighted by Crippen LogP contribution is -2.47. The second-order valence-corrected chi connectivity index (χ2v) is 5.59. The molecular weight excluding hydrogens is 324 g/mol. The second kappa shape index (κ2) is 6.64. The highest BCUT2D eigenvalue weighted by Crippen LogP contribution is 2.34. The lowest BCUT2D eigenvalue weighted by atomic mass is 10.1. The molecule has 0 aliphatic carbocycles. The summed E-state index contributed by atoms with van der Waals surface area (Å²) in [5.41, 5.74) is 0.894. The first kappa shape index (κ1) is 16.5. The Morgan fingerprint density at radius 3 is 2.60 bits per heavy atom. The lowest BCUT2D eigenvalue weighted by Gasteiger charge is -2.32. The van der Waals surface area contributed by atoms with Gasteiger partial charge in [0.05, 0.1) is 11.3 Å². The molecule has 1 unspecified atom stereocenters. The molecule has 7 nitrogen and oxygen atoms in total. The fourth-order valence-corrected chi connectivity index (χ4v) is 2.57. The zero-order chi connectivity index (χ0) is 18.0. The molecule has 2 N–H and O–H groups in total. The van der Waals surface area contributed by atoms with E-state index in [1.807, 2.05) is 6.07 Å². The average molecular weight is 340 g/mol. The van der Waals surface area contributed by atoms with Crippen LogP contribution in [0, 0.1) is 0 Å². The summed E-state index contributed by atoms with van der Waals surface area (Å²) >= 11 is 0. The quantitative estimate of drug-likeness (QED) is 0.889. The molecule has 1 aliphatic rings. The normalized spacial score (nSPS) is 16.0. The van der Waals surface area contributed by atoms with E-state index >= 15 is 0 Å². The van der Waals surface area contributed by atoms with Gasteiger partial charge in [0, 0.05) is 5.69 Å². The second-order valence-electron chi connectivity index (χ2n) is 5.59. The van der Waals surface area contributed by atoms with E-state index < -0.39 is 18.0 Å². The predicted molar refractivity (Wildman–Crippen MR) is 90.9 cm³/mol. The third-order valence-corrected chi connectivity index (χ3v) is 3.77. The van der Waals surface area contributed by atoms with E-state index in [-0.39, 0.29) is 23.7 Å². The molecule has 2 aromatic carbocycles. The van der Waals surface area contributed by atoms with Gasteiger partial charge >= 0.3 is 5.97 Å². The number of aromatic carboxylic acids is 1. The molecule has 2 amide bonds. The topological polar surface area (TPSA) is 95.9 Å². The van der Waals surface area contributed by atoms with Crippen LogP contribution in [0.3, 0.4) is 0 Å². The molecular formula is C18H16N2O5. The maximum Gasteiger partial charge on any atom is 0.335 e. The van der Waals surface area contributed by atoms with E-state index in [2.05, 4.69) is 5.32 Å². The SMILES string of the molecule is CC1Oc2ccc(C(=O)O)cc2N(CC(=O)Nc2ccccc2)C1=O. The number of hydrogen-bond donors (Lipinski definition) is 2. The molecule has 1 aliphatic heterocycles. The summed E-state index contributed by atoms with van der Waals surface area (Å²) in [6.07, 6.45) is -0.757. The molecule has 128 valence electrons. The first-order valence-electron chi connectivity index (χ1n) is 7.66. The number of nitrogens with one attached hydrogen (secondary N) is 1. The van der Waals surface area contributed by atoms with Crippen molar-refractivity contribution in [3.05, 3.63) is 54.1 Å². The first-order valence-corrected chi connectivity index (χ1v) is 7.66. The van der Waals surface area contributed by atoms with Crippen molar-refractivity contribution in [1.29, 1.82) is 0 Å². The molecule has 0 saturated carbocycles. The van der Waals surface area contributed by atoms with Crippen LogP contribution < -0.4 is 15.0 Å². The van der Waals surface area contributed by atoms with Gasteiger partial charge in [0.25, 0.3) is 5.91 Å². The zero-order valence-corrected chi connectivity index (χ0v) is 13.4. The van der Waals surface area contributed by atoms with Crippen LogP contribution in [0.1, 0.15) is 17.3 Å². The van der Waals surface area contributed by atoms with E-state index in [4.69, 9.17) is 9.84 Å². The highest BCUT2D eigenvalue weighted by molar-refractivity contribution is 6.06. The summed E-state index contributed by atoms with van der Waals surface area (Å²) in [5.74, 6) is -1.55. The Bertz CT molecular complexity index is 835. The number of para-hydroxylation sites is 1. The molecule has 0 spiro atoms. The number of carbonyl (C=O) groups excluding carboxylic acids is 2. The molecule has 7 heteroatoms. The van der Waals surface area contributed by atoms with Crippen LogP contribution in [-0.2, 0) is 9.59 Å². The number of benzene rings is 2. The van der Waals surface area contributed by atoms with Crippen LogP contribution in [0.25, 0.3) is 0 Å². The highest BCUT2D eigenvalue weighted by atomic mass is 16.5. The summed E-state index contributed by atoms with van der Waals surface area (Å²) in [7, 11) is 0. The van der Waals surface area contributed by atoms with Crippen molar-refractivity contribution < 1.29 is 24.2 Å². The van der Waals surface area contributed by atoms with Crippen LogP contribution >= 0.6 is 0 Å². The number of amides is 2. The van der Waals surface area contributed by atoms with E-state index in [0.717, 1.165) is 0 Å². The number of carbonyl (C=O) groups is 3. The minimum absolute atomic E-state index is 0.0122. The summed E-state index contributed by atoms with van der Waals surface area (Å²) in [6.45, 7) is 1.34. The zero-order valence-electron chi connectivity index (χ0n) is 13.4. The Hall–Kier alpha value is -3.35. The Kier molecular flexibility index (Phi) is 4.38. The van der Waals surface area contributed by atoms with Gasteiger partial charge in [0.2, 0.25) is 5.91 Å². The van der Waals surface area contributed by atoms with Gasteiger partial charge in [-0.2, -0.15) is 0 Å². The molecule has 2 aromatic rings. The van der Waals surface area contributed by atoms with Gasteiger partial charge in [-0.3, -0.25) is 14.5 Å². The van der Waals surface area contributed by atoms with Crippen LogP contribution in [0.4, 0.5) is 11.4 Å². The van der Waals surface area contributed by atoms with Crippen LogP contribution in [-0.4, -0.2) is 35.5 Å². The predicted octanol–water partition coefficient (Wildman–Crippen LogP) is 2.14. The number of anilines is 2. The van der Waals surface area contributed by atoms with Gasteiger partial charge < -0.3 is 15.2 Å². The molecule has 0 aromatic heterocycles. The number of carboxylic acid groups (broad SMARTS) is 1. The van der Waals surface area contributed by atoms with E-state index in [1.165, 1.54) is 23.1 Å². The summed E-state index contributed by atoms with van der Waals surface area (Å²) in [5, 5.41) is 11.8. The van der Waals surface area contributed by atoms with Crippen molar-refractivity contribution in [3.8, 4) is 5.75 Å². The number of hydrogen-bond acceptors (Lipinski definition) is 4. The third-order valence-electron chi connectivity index (χ3n) is 3.77. The standard InChI is InChI=1S/C18H16N2O5/c1-11-17(22)20(10-16(21)19-13-5-3-2-4-6-13)14-9-12(18(23)24)7-8-15(14)25-11/h2-9,11H,10H2,1H3,(H,19,21)(H,23,24). The Morgan fingerprint density at radius 2 is 1.92 bits per heavy atom. The fourth-order valence-electron chi connectivity index (χ4n) is 2.57. The van der Waals surface area contributed by atoms with Crippen molar-refractivity contribution >= 4 is 29.2 Å². The maximum atomic E-state index is 12.4. The molecule has 0 radical (unpaired) electrons. The molecule has 3 rings (SSSR count). The first-order chi connectivity index (χ1) is 12.0. The summed E-state index contributed by atoms with van der Waals surface area (Å²) < 4.78 is 5.49. The van der Waals surface area contributed by atoms with E-state index in [0.29, 0.717) is 11.4 Å². The molecule has 1 heterocycles. The molecule has 1 atom stereocenters. The number of fused-ring (bicyclic) bond motifs is 1. The van der Waals surface area contributed by atoms with Crippen LogP contribution in [0.15, 0.2) is 48.5 Å². The minimum atomic E-state index is -1.12. The largest absolute Gasteiger partial charge is 0.479 e. The third kappa shape index (κ3) is 3.45. The molecule has 0 bridgehead atoms. The highest BCUT2D eigenvalue weighted by Gasteiger charge is 2.33. The lowest BCUT2D eigenvalue weighted by molar-refractivity contribution is -0.127. The van der Waals surface area contributed by atoms with Gasteiger partial charge in [-0.05, 0) is 37.3 Å². The van der Waals surface area contributed by atoms with Crippen molar-refractivity contribution in [2.75, 3.05) is 16.8 Å². The van der Waals surface area contributed by atoms with Crippen LogP contribution in [0.5, 0.6) is 5.75 Å². The Balaban J connectivity index is 1.87. The van der Waals surface area contributed by atoms with Gasteiger partial charge in [-0.25, -0.2) is 4.79 Å². The van der Waals surface area contributed by atoms with Crippen molar-refractivity contribution in [1.82, 2.24) is 0 Å². The van der Waals surface area contributed by atoms with Crippen molar-refractivity contribution in [2.24, 2.45) is 0 Å². The van der Waals surface area contributed by atoms with Crippen molar-refractivity contribution in [2.45, 2.75) is 13.0 Å². The summed E-state index contributed by atoms with van der Waals surface area (Å²) in [6, 6.07) is 13.1. The average Bonchev–Trinajstić information content (AvgIpc) is 2.59. The fraction of sp³-hybridized carbons (Fsp3) is 0.167. The number of carboxylic acids is 1. The van der Waals surface area contributed by atoms with Crippen LogP contribution in [0.2, 0.25) is 0 Å². The molecule has 0 fully saturated rings.